The first-order valence-corrected chi connectivity index (χ1v) is 13.0. The lowest BCUT2D eigenvalue weighted by molar-refractivity contribution is -0.144. The molecule has 1 heterocycles. The largest absolute Gasteiger partial charge is 0.468 e. The Morgan fingerprint density at radius 1 is 1.05 bits per heavy atom. The number of methoxy groups -OCH3 is 1. The molecule has 0 radical (unpaired) electrons. The Balaban J connectivity index is 1.77. The maximum atomic E-state index is 13.0. The topological polar surface area (TPSA) is 100.0 Å². The Morgan fingerprint density at radius 3 is 2.11 bits per heavy atom. The van der Waals surface area contributed by atoms with Gasteiger partial charge in [0.05, 0.1) is 19.1 Å². The third kappa shape index (κ3) is 6.94. The second-order valence-electron chi connectivity index (χ2n) is 12.3. The van der Waals surface area contributed by atoms with Gasteiger partial charge in [0.15, 0.2) is 0 Å². The predicted molar refractivity (Wildman–Crippen MR) is 143 cm³/mol. The van der Waals surface area contributed by atoms with E-state index in [1.807, 2.05) is 48.9 Å². The number of carbonyl (C=O) groups is 3. The van der Waals surface area contributed by atoms with Crippen LogP contribution in [-0.2, 0) is 24.4 Å². The fourth-order valence-corrected chi connectivity index (χ4v) is 4.61. The Labute approximate surface area is 225 Å². The summed E-state index contributed by atoms with van der Waals surface area (Å²) in [6, 6.07) is 8.04. The van der Waals surface area contributed by atoms with Crippen LogP contribution in [0.2, 0.25) is 0 Å². The Bertz CT molecular complexity index is 1130. The van der Waals surface area contributed by atoms with E-state index in [4.69, 9.17) is 14.2 Å². The first kappa shape index (κ1) is 29.2. The molecule has 2 amide bonds. The number of carbonyl (C=O) groups excluding carboxylic acids is 3. The van der Waals surface area contributed by atoms with Gasteiger partial charge in [0, 0.05) is 18.4 Å². The minimum Gasteiger partial charge on any atom is -0.468 e. The van der Waals surface area contributed by atoms with Crippen LogP contribution in [0.5, 0.6) is 0 Å². The highest BCUT2D eigenvalue weighted by Crippen LogP contribution is 2.57. The first-order chi connectivity index (χ1) is 17.6. The van der Waals surface area contributed by atoms with Crippen molar-refractivity contribution in [2.75, 3.05) is 13.7 Å². The highest BCUT2D eigenvalue weighted by Gasteiger charge is 2.63. The van der Waals surface area contributed by atoms with Crippen molar-refractivity contribution < 1.29 is 28.6 Å². The average molecular weight is 528 g/mol. The summed E-state index contributed by atoms with van der Waals surface area (Å²) < 4.78 is 18.0. The quantitative estimate of drug-likeness (QED) is 0.331. The number of imidazole rings is 1. The minimum absolute atomic E-state index is 0.0505. The van der Waals surface area contributed by atoms with Crippen molar-refractivity contribution in [2.45, 2.75) is 84.8 Å². The monoisotopic (exact) mass is 527 g/mol. The van der Waals surface area contributed by atoms with Crippen LogP contribution in [0, 0.1) is 18.8 Å². The van der Waals surface area contributed by atoms with Gasteiger partial charge in [-0.1, -0.05) is 24.6 Å². The number of ether oxygens (including phenoxy) is 3. The molecule has 1 aromatic carbocycles. The van der Waals surface area contributed by atoms with Crippen LogP contribution in [0.3, 0.4) is 0 Å². The second-order valence-corrected chi connectivity index (χ2v) is 12.3. The van der Waals surface area contributed by atoms with E-state index >= 15 is 0 Å². The van der Waals surface area contributed by atoms with E-state index in [0.717, 1.165) is 16.2 Å². The van der Waals surface area contributed by atoms with Gasteiger partial charge in [-0.25, -0.2) is 19.5 Å². The number of aromatic nitrogens is 2. The Kier molecular flexibility index (Phi) is 8.29. The zero-order valence-electron chi connectivity index (χ0n) is 24.0. The van der Waals surface area contributed by atoms with Crippen molar-refractivity contribution in [1.82, 2.24) is 14.5 Å². The van der Waals surface area contributed by atoms with Gasteiger partial charge < -0.3 is 18.8 Å². The van der Waals surface area contributed by atoms with Crippen LogP contribution < -0.4 is 0 Å². The van der Waals surface area contributed by atoms with Crippen LogP contribution in [0.4, 0.5) is 9.59 Å². The van der Waals surface area contributed by atoms with Gasteiger partial charge in [0.2, 0.25) is 0 Å². The van der Waals surface area contributed by atoms with Gasteiger partial charge in [-0.2, -0.15) is 0 Å². The number of esters is 1. The number of rotatable bonds is 7. The molecule has 9 nitrogen and oxygen atoms in total. The van der Waals surface area contributed by atoms with Crippen LogP contribution >= 0.6 is 0 Å². The molecule has 9 heteroatoms. The average Bonchev–Trinajstić information content (AvgIpc) is 3.28. The molecule has 0 N–H and O–H groups in total. The number of imide groups is 1. The molecule has 3 atom stereocenters. The number of nitrogens with zero attached hydrogens (tertiary/aromatic N) is 3. The van der Waals surface area contributed by atoms with E-state index in [-0.39, 0.29) is 24.3 Å². The standard InChI is InChI=1S/C29H41N3O6/c1-19-10-12-22(13-11-19)31-17-23(30-18-31)29(24(33)36-9)15-21(29)14-20(2)16-32(25(34)37-27(3,4)5)26(35)38-28(6,7)8/h10-13,17-18,20-21H,14-16H2,1-9H3/t20?,21-,29+/m0/s1. The summed E-state index contributed by atoms with van der Waals surface area (Å²) in [5, 5.41) is 0. The summed E-state index contributed by atoms with van der Waals surface area (Å²) in [7, 11) is 1.38. The molecular weight excluding hydrogens is 486 g/mol. The predicted octanol–water partition coefficient (Wildman–Crippen LogP) is 5.81. The molecule has 208 valence electrons. The maximum absolute atomic E-state index is 13.0. The molecule has 3 rings (SSSR count). The molecule has 1 aliphatic carbocycles. The molecule has 0 spiro atoms. The number of hydrogen-bond donors (Lipinski definition) is 0. The minimum atomic E-state index is -0.859. The van der Waals surface area contributed by atoms with Crippen molar-refractivity contribution in [1.29, 1.82) is 0 Å². The summed E-state index contributed by atoms with van der Waals surface area (Å²) in [6.07, 6.45) is 3.22. The number of benzene rings is 1. The van der Waals surface area contributed by atoms with Crippen molar-refractivity contribution in [3.63, 3.8) is 0 Å². The molecule has 0 bridgehead atoms. The van der Waals surface area contributed by atoms with Crippen LogP contribution in [0.25, 0.3) is 5.69 Å². The third-order valence-electron chi connectivity index (χ3n) is 6.44. The lowest BCUT2D eigenvalue weighted by atomic mass is 9.94. The molecule has 0 aliphatic heterocycles. The fourth-order valence-electron chi connectivity index (χ4n) is 4.61. The maximum Gasteiger partial charge on any atom is 0.419 e. The highest BCUT2D eigenvalue weighted by molar-refractivity contribution is 5.88. The van der Waals surface area contributed by atoms with Crippen molar-refractivity contribution in [3.05, 3.63) is 48.0 Å². The lowest BCUT2D eigenvalue weighted by Crippen LogP contribution is -2.45. The summed E-state index contributed by atoms with van der Waals surface area (Å²) in [4.78, 5) is 44.4. The van der Waals surface area contributed by atoms with Crippen molar-refractivity contribution in [3.8, 4) is 5.69 Å². The van der Waals surface area contributed by atoms with E-state index in [0.29, 0.717) is 18.5 Å². The Morgan fingerprint density at radius 2 is 1.61 bits per heavy atom. The van der Waals surface area contributed by atoms with E-state index in [2.05, 4.69) is 4.98 Å². The van der Waals surface area contributed by atoms with Crippen LogP contribution in [0.15, 0.2) is 36.8 Å². The third-order valence-corrected chi connectivity index (χ3v) is 6.44. The van der Waals surface area contributed by atoms with Gasteiger partial charge in [-0.3, -0.25) is 4.79 Å². The van der Waals surface area contributed by atoms with E-state index in [1.165, 1.54) is 7.11 Å². The molecule has 1 saturated carbocycles. The van der Waals surface area contributed by atoms with Gasteiger partial charge >= 0.3 is 18.2 Å². The van der Waals surface area contributed by atoms with Gasteiger partial charge in [-0.15, -0.1) is 0 Å². The highest BCUT2D eigenvalue weighted by atomic mass is 16.6. The molecule has 0 saturated heterocycles. The van der Waals surface area contributed by atoms with Crippen LogP contribution in [-0.4, -0.2) is 57.5 Å². The first-order valence-electron chi connectivity index (χ1n) is 13.0. The van der Waals surface area contributed by atoms with Crippen LogP contribution in [0.1, 0.15) is 72.6 Å². The normalized spacial score (nSPS) is 19.9. The van der Waals surface area contributed by atoms with Gasteiger partial charge in [0.1, 0.15) is 16.6 Å². The van der Waals surface area contributed by atoms with Crippen molar-refractivity contribution >= 4 is 18.2 Å². The summed E-state index contributed by atoms with van der Waals surface area (Å²) in [5.41, 5.74) is 0.356. The zero-order chi connectivity index (χ0) is 28.5. The molecule has 2 aromatic rings. The lowest BCUT2D eigenvalue weighted by Gasteiger charge is -2.30. The second kappa shape index (κ2) is 10.8. The van der Waals surface area contributed by atoms with E-state index < -0.39 is 28.8 Å². The van der Waals surface area contributed by atoms with E-state index in [1.54, 1.807) is 47.9 Å². The summed E-state index contributed by atoms with van der Waals surface area (Å²) in [5.74, 6) is -0.517. The molecule has 1 aromatic heterocycles. The molecular formula is C29H41N3O6. The SMILES string of the molecule is COC(=O)[C@]1(c2cn(-c3ccc(C)cc3)cn2)C[C@@H]1CC(C)CN(C(=O)OC(C)(C)C)C(=O)OC(C)(C)C. The molecule has 1 unspecified atom stereocenters. The molecule has 1 fully saturated rings. The summed E-state index contributed by atoms with van der Waals surface area (Å²) in [6.45, 7) is 14.5. The number of aryl methyl sites for hydroxylation is 1. The summed E-state index contributed by atoms with van der Waals surface area (Å²) >= 11 is 0. The van der Waals surface area contributed by atoms with Crippen molar-refractivity contribution in [2.24, 2.45) is 11.8 Å². The number of hydrogen-bond acceptors (Lipinski definition) is 7. The van der Waals surface area contributed by atoms with Gasteiger partial charge in [0.25, 0.3) is 0 Å². The Hall–Kier alpha value is -3.36. The molecule has 38 heavy (non-hydrogen) atoms. The smallest absolute Gasteiger partial charge is 0.419 e. The number of amides is 2. The zero-order valence-corrected chi connectivity index (χ0v) is 24.0. The van der Waals surface area contributed by atoms with Gasteiger partial charge in [-0.05, 0) is 85.3 Å². The van der Waals surface area contributed by atoms with E-state index in [9.17, 15) is 14.4 Å². The fraction of sp³-hybridized carbons (Fsp3) is 0.586. The molecule has 1 aliphatic rings.